The van der Waals surface area contributed by atoms with E-state index in [1.165, 1.54) is 45.4 Å². The van der Waals surface area contributed by atoms with Gasteiger partial charge in [-0.25, -0.2) is 22.2 Å². The number of methoxy groups -OCH3 is 1. The first-order valence-corrected chi connectivity index (χ1v) is 9.85. The van der Waals surface area contributed by atoms with Crippen LogP contribution in [0.15, 0.2) is 53.7 Å². The van der Waals surface area contributed by atoms with Crippen LogP contribution in [0.25, 0.3) is 11.0 Å². The molecule has 0 saturated carbocycles. The number of carbonyl (C=O) groups excluding carboxylic acids is 1. The third kappa shape index (κ3) is 3.51. The molecule has 2 heterocycles. The molecule has 0 spiro atoms. The van der Waals surface area contributed by atoms with Crippen molar-refractivity contribution in [3.63, 3.8) is 0 Å². The average molecular weight is 418 g/mol. The summed E-state index contributed by atoms with van der Waals surface area (Å²) in [5.74, 6) is -0.645. The van der Waals surface area contributed by atoms with Gasteiger partial charge in [0.15, 0.2) is 5.65 Å². The summed E-state index contributed by atoms with van der Waals surface area (Å²) >= 11 is 0. The molecule has 0 bridgehead atoms. The lowest BCUT2D eigenvalue weighted by atomic mass is 10.0. The normalized spacial score (nSPS) is 12.0. The third-order valence-corrected chi connectivity index (χ3v) is 5.97. The summed E-state index contributed by atoms with van der Waals surface area (Å²) in [6.07, 6.45) is 2.22. The molecule has 2 aromatic heterocycles. The van der Waals surface area contributed by atoms with Crippen LogP contribution in [0.5, 0.6) is 0 Å². The van der Waals surface area contributed by atoms with Crippen LogP contribution in [-0.2, 0) is 19.6 Å². The van der Waals surface area contributed by atoms with Gasteiger partial charge in [-0.05, 0) is 32.0 Å². The molecule has 3 aromatic rings. The first-order valence-electron chi connectivity index (χ1n) is 8.41. The van der Waals surface area contributed by atoms with Crippen LogP contribution >= 0.6 is 0 Å². The van der Waals surface area contributed by atoms with E-state index in [4.69, 9.17) is 4.74 Å². The lowest BCUT2D eigenvalue weighted by Crippen LogP contribution is -2.41. The molecule has 152 valence electrons. The number of nitrogens with zero attached hydrogens (tertiary/aromatic N) is 3. The molecule has 0 amide bonds. The lowest BCUT2D eigenvalue weighted by Gasteiger charge is -2.24. The number of carbonyl (C=O) groups is 1. The van der Waals surface area contributed by atoms with E-state index in [-0.39, 0.29) is 21.6 Å². The topological polar surface area (TPSA) is 133 Å². The molecule has 0 unspecified atom stereocenters. The number of pyridine rings is 1. The highest BCUT2D eigenvalue weighted by Gasteiger charge is 2.33. The van der Waals surface area contributed by atoms with Gasteiger partial charge in [0.2, 0.25) is 0 Å². The van der Waals surface area contributed by atoms with Gasteiger partial charge >= 0.3 is 11.7 Å². The Morgan fingerprint density at radius 1 is 1.24 bits per heavy atom. The molecule has 0 saturated heterocycles. The SMILES string of the molecule is COC(=O)C(C)(C)Nc1c([N+](=O)[O-])cnc2c1ccn2S(=O)(=O)c1ccccc1. The molecule has 11 heteroatoms. The first-order chi connectivity index (χ1) is 13.6. The summed E-state index contributed by atoms with van der Waals surface area (Å²) in [6, 6.07) is 9.13. The molecular weight excluding hydrogens is 400 g/mol. The predicted molar refractivity (Wildman–Crippen MR) is 105 cm³/mol. The molecule has 1 aromatic carbocycles. The smallest absolute Gasteiger partial charge is 0.330 e. The Balaban J connectivity index is 2.23. The number of anilines is 1. The Hall–Kier alpha value is -3.47. The number of ether oxygens (including phenoxy) is 1. The fourth-order valence-electron chi connectivity index (χ4n) is 2.84. The van der Waals surface area contributed by atoms with Gasteiger partial charge < -0.3 is 10.1 Å². The van der Waals surface area contributed by atoms with Gasteiger partial charge in [-0.3, -0.25) is 10.1 Å². The Morgan fingerprint density at radius 2 is 1.90 bits per heavy atom. The van der Waals surface area contributed by atoms with E-state index in [1.807, 2.05) is 0 Å². The van der Waals surface area contributed by atoms with Gasteiger partial charge in [-0.2, -0.15) is 0 Å². The van der Waals surface area contributed by atoms with Crippen molar-refractivity contribution < 1.29 is 22.9 Å². The summed E-state index contributed by atoms with van der Waals surface area (Å²) in [4.78, 5) is 26.9. The summed E-state index contributed by atoms with van der Waals surface area (Å²) in [6.45, 7) is 2.99. The van der Waals surface area contributed by atoms with Crippen molar-refractivity contribution in [2.75, 3.05) is 12.4 Å². The average Bonchev–Trinajstić information content (AvgIpc) is 3.13. The van der Waals surface area contributed by atoms with Crippen molar-refractivity contribution in [1.29, 1.82) is 0 Å². The predicted octanol–water partition coefficient (Wildman–Crippen LogP) is 2.55. The summed E-state index contributed by atoms with van der Waals surface area (Å²) < 4.78 is 31.6. The maximum atomic E-state index is 13.0. The van der Waals surface area contributed by atoms with Crippen molar-refractivity contribution in [2.24, 2.45) is 0 Å². The highest BCUT2D eigenvalue weighted by Crippen LogP contribution is 2.35. The number of hydrogen-bond acceptors (Lipinski definition) is 8. The first kappa shape index (κ1) is 20.3. The zero-order chi connectivity index (χ0) is 21.4. The van der Waals surface area contributed by atoms with Gasteiger partial charge in [0.25, 0.3) is 10.0 Å². The molecule has 0 aliphatic rings. The minimum absolute atomic E-state index is 0.0115. The highest BCUT2D eigenvalue weighted by atomic mass is 32.2. The van der Waals surface area contributed by atoms with E-state index < -0.39 is 32.1 Å². The second-order valence-corrected chi connectivity index (χ2v) is 8.50. The van der Waals surface area contributed by atoms with Crippen LogP contribution < -0.4 is 5.32 Å². The standard InChI is InChI=1S/C18H18N4O6S/c1-18(2,17(23)28-3)20-15-13-9-10-21(16(13)19-11-14(15)22(24)25)29(26,27)12-7-5-4-6-8-12/h4-11H,1-3H3,(H,19,20). The molecule has 1 N–H and O–H groups in total. The van der Waals surface area contributed by atoms with Crippen LogP contribution in [0.3, 0.4) is 0 Å². The molecule has 29 heavy (non-hydrogen) atoms. The van der Waals surface area contributed by atoms with Crippen LogP contribution in [0.2, 0.25) is 0 Å². The largest absolute Gasteiger partial charge is 0.467 e. The number of nitro groups is 1. The van der Waals surface area contributed by atoms with Gasteiger partial charge in [0, 0.05) is 6.20 Å². The number of nitrogens with one attached hydrogen (secondary N) is 1. The zero-order valence-corrected chi connectivity index (χ0v) is 16.6. The maximum absolute atomic E-state index is 13.0. The Bertz CT molecular complexity index is 1200. The minimum atomic E-state index is -3.97. The van der Waals surface area contributed by atoms with Crippen molar-refractivity contribution in [2.45, 2.75) is 24.3 Å². The van der Waals surface area contributed by atoms with Gasteiger partial charge in [0.05, 0.1) is 22.3 Å². The minimum Gasteiger partial charge on any atom is -0.467 e. The molecule has 3 rings (SSSR count). The van der Waals surface area contributed by atoms with Crippen molar-refractivity contribution in [3.05, 3.63) is 58.9 Å². The van der Waals surface area contributed by atoms with Crippen LogP contribution in [0.1, 0.15) is 13.8 Å². The molecule has 0 radical (unpaired) electrons. The number of fused-ring (bicyclic) bond motifs is 1. The van der Waals surface area contributed by atoms with E-state index in [0.717, 1.165) is 10.2 Å². The molecule has 0 aliphatic carbocycles. The number of esters is 1. The van der Waals surface area contributed by atoms with Crippen molar-refractivity contribution >= 4 is 38.4 Å². The Morgan fingerprint density at radius 3 is 2.48 bits per heavy atom. The van der Waals surface area contributed by atoms with Gasteiger partial charge in [0.1, 0.15) is 17.4 Å². The summed E-state index contributed by atoms with van der Waals surface area (Å²) in [5.41, 5.74) is -1.75. The van der Waals surface area contributed by atoms with Crippen molar-refractivity contribution in [3.8, 4) is 0 Å². The fourth-order valence-corrected chi connectivity index (χ4v) is 4.16. The Kier molecular flexibility index (Phi) is 5.01. The lowest BCUT2D eigenvalue weighted by molar-refractivity contribution is -0.384. The number of rotatable bonds is 6. The number of aromatic nitrogens is 2. The summed E-state index contributed by atoms with van der Waals surface area (Å²) in [5, 5.41) is 14.5. The maximum Gasteiger partial charge on any atom is 0.330 e. The molecule has 0 atom stereocenters. The summed E-state index contributed by atoms with van der Waals surface area (Å²) in [7, 11) is -2.77. The Labute approximate surface area is 166 Å². The van der Waals surface area contributed by atoms with Crippen molar-refractivity contribution in [1.82, 2.24) is 8.96 Å². The second kappa shape index (κ2) is 7.17. The third-order valence-electron chi connectivity index (χ3n) is 4.29. The molecular formula is C18H18N4O6S. The van der Waals surface area contributed by atoms with Crippen LogP contribution in [0, 0.1) is 10.1 Å². The quantitative estimate of drug-likeness (QED) is 0.367. The monoisotopic (exact) mass is 418 g/mol. The van der Waals surface area contributed by atoms with E-state index in [1.54, 1.807) is 18.2 Å². The van der Waals surface area contributed by atoms with Gasteiger partial charge in [-0.1, -0.05) is 18.2 Å². The zero-order valence-electron chi connectivity index (χ0n) is 15.8. The number of benzene rings is 1. The van der Waals surface area contributed by atoms with Gasteiger partial charge in [-0.15, -0.1) is 0 Å². The van der Waals surface area contributed by atoms with Crippen LogP contribution in [0.4, 0.5) is 11.4 Å². The van der Waals surface area contributed by atoms with E-state index >= 15 is 0 Å². The highest BCUT2D eigenvalue weighted by molar-refractivity contribution is 7.90. The second-order valence-electron chi connectivity index (χ2n) is 6.68. The van der Waals surface area contributed by atoms with Crippen LogP contribution in [-0.4, -0.2) is 40.9 Å². The number of hydrogen-bond donors (Lipinski definition) is 1. The molecule has 10 nitrogen and oxygen atoms in total. The van der Waals surface area contributed by atoms with E-state index in [0.29, 0.717) is 0 Å². The molecule has 0 fully saturated rings. The molecule has 0 aliphatic heterocycles. The van der Waals surface area contributed by atoms with E-state index in [2.05, 4.69) is 10.3 Å². The fraction of sp³-hybridized carbons (Fsp3) is 0.222. The van der Waals surface area contributed by atoms with E-state index in [9.17, 15) is 23.3 Å².